The van der Waals surface area contributed by atoms with Crippen molar-refractivity contribution < 1.29 is 14.8 Å². The molecule has 1 atom stereocenters. The largest absolute Gasteiger partial charge is 0.389 e. The number of aliphatic hydroxyl groups is 1. The van der Waals surface area contributed by atoms with Gasteiger partial charge in [-0.1, -0.05) is 0 Å². The molecule has 108 valence electrons. The number of anilines is 1. The van der Waals surface area contributed by atoms with E-state index in [1.54, 1.807) is 11.6 Å². The lowest BCUT2D eigenvalue weighted by Gasteiger charge is -2.14. The number of hydrogen-bond acceptors (Lipinski definition) is 6. The van der Waals surface area contributed by atoms with Crippen LogP contribution in [0.4, 0.5) is 11.5 Å². The van der Waals surface area contributed by atoms with E-state index in [0.717, 1.165) is 0 Å². The van der Waals surface area contributed by atoms with E-state index < -0.39 is 11.0 Å². The van der Waals surface area contributed by atoms with Crippen molar-refractivity contribution >= 4 is 11.5 Å². The molecule has 0 fully saturated rings. The fourth-order valence-electron chi connectivity index (χ4n) is 1.76. The first-order chi connectivity index (χ1) is 8.88. The molecule has 1 rings (SSSR count). The number of nitro groups is 1. The molecular formula is C11H20N4O4. The maximum absolute atomic E-state index is 11.1. The van der Waals surface area contributed by atoms with Crippen LogP contribution < -0.4 is 5.32 Å². The first-order valence-corrected chi connectivity index (χ1v) is 6.02. The van der Waals surface area contributed by atoms with Gasteiger partial charge in [0.2, 0.25) is 5.82 Å². The van der Waals surface area contributed by atoms with Crippen LogP contribution in [0.5, 0.6) is 0 Å². The van der Waals surface area contributed by atoms with Crippen molar-refractivity contribution in [3.8, 4) is 0 Å². The van der Waals surface area contributed by atoms with Crippen molar-refractivity contribution in [2.24, 2.45) is 0 Å². The van der Waals surface area contributed by atoms with Gasteiger partial charge < -0.3 is 15.2 Å². The summed E-state index contributed by atoms with van der Waals surface area (Å²) in [6.45, 7) is 5.68. The Bertz CT molecular complexity index is 444. The standard InChI is InChI=1S/C11H20N4O4/c1-7(2)14-11(12-5-9(16)6-19-4)10(15(17)18)8(3)13-14/h7,9,12,16H,5-6H2,1-4H3. The molecule has 1 aromatic heterocycles. The van der Waals surface area contributed by atoms with Crippen LogP contribution in [0, 0.1) is 17.0 Å². The van der Waals surface area contributed by atoms with Gasteiger partial charge in [-0.15, -0.1) is 0 Å². The number of nitrogens with one attached hydrogen (secondary N) is 1. The van der Waals surface area contributed by atoms with Crippen molar-refractivity contribution in [3.63, 3.8) is 0 Å². The predicted octanol–water partition coefficient (Wildman–Crippen LogP) is 1.10. The number of rotatable bonds is 7. The number of aliphatic hydroxyl groups excluding tert-OH is 1. The molecule has 8 heteroatoms. The minimum absolute atomic E-state index is 0.0190. The first-order valence-electron chi connectivity index (χ1n) is 6.02. The molecular weight excluding hydrogens is 252 g/mol. The summed E-state index contributed by atoms with van der Waals surface area (Å²) < 4.78 is 6.35. The zero-order chi connectivity index (χ0) is 14.6. The normalized spacial score (nSPS) is 12.7. The van der Waals surface area contributed by atoms with Crippen LogP contribution in [-0.2, 0) is 4.74 Å². The SMILES string of the molecule is COCC(O)CNc1c([N+](=O)[O-])c(C)nn1C(C)C. The Balaban J connectivity index is 2.99. The van der Waals surface area contributed by atoms with Crippen LogP contribution in [0.1, 0.15) is 25.6 Å². The van der Waals surface area contributed by atoms with E-state index in [9.17, 15) is 15.2 Å². The Morgan fingerprint density at radius 3 is 2.68 bits per heavy atom. The number of aromatic nitrogens is 2. The Hall–Kier alpha value is -1.67. The van der Waals surface area contributed by atoms with Gasteiger partial charge >= 0.3 is 5.69 Å². The van der Waals surface area contributed by atoms with Crippen LogP contribution in [-0.4, -0.2) is 46.2 Å². The van der Waals surface area contributed by atoms with Gasteiger partial charge in [0, 0.05) is 19.7 Å². The molecule has 1 unspecified atom stereocenters. The van der Waals surface area contributed by atoms with E-state index in [2.05, 4.69) is 10.4 Å². The minimum Gasteiger partial charge on any atom is -0.389 e. The fourth-order valence-corrected chi connectivity index (χ4v) is 1.76. The Labute approximate surface area is 111 Å². The molecule has 0 aliphatic carbocycles. The summed E-state index contributed by atoms with van der Waals surface area (Å²) in [5.74, 6) is 0.313. The molecule has 1 heterocycles. The van der Waals surface area contributed by atoms with E-state index in [0.29, 0.717) is 11.5 Å². The summed E-state index contributed by atoms with van der Waals surface area (Å²) >= 11 is 0. The molecule has 0 radical (unpaired) electrons. The highest BCUT2D eigenvalue weighted by Gasteiger charge is 2.26. The Morgan fingerprint density at radius 1 is 1.58 bits per heavy atom. The van der Waals surface area contributed by atoms with Crippen molar-refractivity contribution in [3.05, 3.63) is 15.8 Å². The number of aryl methyl sites for hydroxylation is 1. The lowest BCUT2D eigenvalue weighted by atomic mass is 10.3. The molecule has 2 N–H and O–H groups in total. The summed E-state index contributed by atoms with van der Waals surface area (Å²) in [5, 5.41) is 27.7. The summed E-state index contributed by atoms with van der Waals surface area (Å²) in [7, 11) is 1.48. The van der Waals surface area contributed by atoms with E-state index >= 15 is 0 Å². The molecule has 0 saturated carbocycles. The highest BCUT2D eigenvalue weighted by molar-refractivity contribution is 5.59. The smallest absolute Gasteiger partial charge is 0.333 e. The lowest BCUT2D eigenvalue weighted by molar-refractivity contribution is -0.384. The second-order valence-electron chi connectivity index (χ2n) is 4.57. The van der Waals surface area contributed by atoms with Gasteiger partial charge in [-0.2, -0.15) is 5.10 Å². The third kappa shape index (κ3) is 3.65. The number of ether oxygens (including phenoxy) is 1. The van der Waals surface area contributed by atoms with Gasteiger partial charge in [0.05, 0.1) is 17.6 Å². The Morgan fingerprint density at radius 2 is 2.21 bits per heavy atom. The molecule has 0 aliphatic heterocycles. The third-order valence-electron chi connectivity index (χ3n) is 2.59. The number of methoxy groups -OCH3 is 1. The molecule has 0 amide bonds. The second kappa shape index (κ2) is 6.48. The van der Waals surface area contributed by atoms with E-state index in [1.807, 2.05) is 13.8 Å². The van der Waals surface area contributed by atoms with Crippen molar-refractivity contribution in [2.75, 3.05) is 25.6 Å². The molecule has 0 spiro atoms. The zero-order valence-electron chi connectivity index (χ0n) is 11.6. The van der Waals surface area contributed by atoms with Crippen molar-refractivity contribution in [1.82, 2.24) is 9.78 Å². The Kier molecular flexibility index (Phi) is 5.25. The molecule has 0 aliphatic rings. The van der Waals surface area contributed by atoms with Crippen molar-refractivity contribution in [2.45, 2.75) is 32.9 Å². The summed E-state index contributed by atoms with van der Waals surface area (Å²) in [5.41, 5.74) is 0.292. The fraction of sp³-hybridized carbons (Fsp3) is 0.727. The second-order valence-corrected chi connectivity index (χ2v) is 4.57. The topological polar surface area (TPSA) is 102 Å². The molecule has 0 saturated heterocycles. The predicted molar refractivity (Wildman–Crippen MR) is 70.4 cm³/mol. The summed E-state index contributed by atoms with van der Waals surface area (Å²) in [4.78, 5) is 10.6. The molecule has 8 nitrogen and oxygen atoms in total. The first kappa shape index (κ1) is 15.4. The monoisotopic (exact) mass is 272 g/mol. The average molecular weight is 272 g/mol. The average Bonchev–Trinajstić information content (AvgIpc) is 2.64. The third-order valence-corrected chi connectivity index (χ3v) is 2.59. The van der Waals surface area contributed by atoms with E-state index in [-0.39, 0.29) is 24.9 Å². The minimum atomic E-state index is -0.736. The van der Waals surface area contributed by atoms with Crippen LogP contribution in [0.2, 0.25) is 0 Å². The quantitative estimate of drug-likeness (QED) is 0.569. The number of hydrogen-bond donors (Lipinski definition) is 2. The van der Waals surface area contributed by atoms with Crippen LogP contribution >= 0.6 is 0 Å². The van der Waals surface area contributed by atoms with Gasteiger partial charge in [-0.3, -0.25) is 10.1 Å². The molecule has 1 aromatic rings. The van der Waals surface area contributed by atoms with Gasteiger partial charge in [0.25, 0.3) is 0 Å². The van der Waals surface area contributed by atoms with Gasteiger partial charge in [-0.25, -0.2) is 4.68 Å². The highest BCUT2D eigenvalue weighted by atomic mass is 16.6. The van der Waals surface area contributed by atoms with Crippen LogP contribution in [0.25, 0.3) is 0 Å². The lowest BCUT2D eigenvalue weighted by Crippen LogP contribution is -2.25. The number of nitrogens with zero attached hydrogens (tertiary/aromatic N) is 3. The van der Waals surface area contributed by atoms with Gasteiger partial charge in [-0.05, 0) is 20.8 Å². The highest BCUT2D eigenvalue weighted by Crippen LogP contribution is 2.30. The molecule has 0 aromatic carbocycles. The molecule has 19 heavy (non-hydrogen) atoms. The van der Waals surface area contributed by atoms with Crippen LogP contribution in [0.3, 0.4) is 0 Å². The maximum atomic E-state index is 11.1. The van der Waals surface area contributed by atoms with Crippen LogP contribution in [0.15, 0.2) is 0 Å². The molecule has 0 bridgehead atoms. The summed E-state index contributed by atoms with van der Waals surface area (Å²) in [6, 6.07) is -0.0190. The van der Waals surface area contributed by atoms with Crippen molar-refractivity contribution in [1.29, 1.82) is 0 Å². The van der Waals surface area contributed by atoms with E-state index in [4.69, 9.17) is 4.74 Å². The summed E-state index contributed by atoms with van der Waals surface area (Å²) in [6.07, 6.45) is -0.736. The zero-order valence-corrected chi connectivity index (χ0v) is 11.6. The van der Waals surface area contributed by atoms with Gasteiger partial charge in [0.1, 0.15) is 5.69 Å². The maximum Gasteiger partial charge on any atom is 0.333 e. The van der Waals surface area contributed by atoms with E-state index in [1.165, 1.54) is 7.11 Å². The van der Waals surface area contributed by atoms with Gasteiger partial charge in [0.15, 0.2) is 0 Å².